The van der Waals surface area contributed by atoms with E-state index < -0.39 is 0 Å². The number of guanidine groups is 1. The number of morpholine rings is 1. The van der Waals surface area contributed by atoms with Gasteiger partial charge in [-0.2, -0.15) is 0 Å². The molecule has 0 spiro atoms. The number of rotatable bonds is 6. The van der Waals surface area contributed by atoms with Crippen LogP contribution in [0.3, 0.4) is 0 Å². The van der Waals surface area contributed by atoms with Gasteiger partial charge in [0, 0.05) is 32.2 Å². The van der Waals surface area contributed by atoms with E-state index in [1.165, 1.54) is 36.8 Å². The molecule has 150 valence electrons. The van der Waals surface area contributed by atoms with Crippen molar-refractivity contribution < 1.29 is 4.74 Å². The van der Waals surface area contributed by atoms with Gasteiger partial charge in [0.05, 0.1) is 18.8 Å². The van der Waals surface area contributed by atoms with Crippen molar-refractivity contribution in [2.75, 3.05) is 19.6 Å². The largest absolute Gasteiger partial charge is 0.373 e. The van der Waals surface area contributed by atoms with E-state index in [4.69, 9.17) is 9.73 Å². The lowest BCUT2D eigenvalue weighted by Gasteiger charge is -2.35. The lowest BCUT2D eigenvalue weighted by molar-refractivity contribution is -0.0705. The Morgan fingerprint density at radius 2 is 1.78 bits per heavy atom. The zero-order chi connectivity index (χ0) is 19.1. The molecule has 2 N–H and O–H groups in total. The molecule has 1 aromatic rings. The number of benzene rings is 1. The normalized spacial score (nSPS) is 24.9. The molecule has 27 heavy (non-hydrogen) atoms. The van der Waals surface area contributed by atoms with Gasteiger partial charge in [-0.3, -0.25) is 4.90 Å². The quantitative estimate of drug-likeness (QED) is 0.594. The molecule has 1 heterocycles. The van der Waals surface area contributed by atoms with E-state index in [2.05, 4.69) is 60.6 Å². The molecule has 1 aliphatic heterocycles. The average Bonchev–Trinajstić information content (AvgIpc) is 3.13. The summed E-state index contributed by atoms with van der Waals surface area (Å²) in [5.74, 6) is 0.952. The molecule has 1 aliphatic carbocycles. The summed E-state index contributed by atoms with van der Waals surface area (Å²) in [5, 5.41) is 7.02. The summed E-state index contributed by atoms with van der Waals surface area (Å²) in [7, 11) is 0. The smallest absolute Gasteiger partial charge is 0.191 e. The zero-order valence-electron chi connectivity index (χ0n) is 17.2. The van der Waals surface area contributed by atoms with Gasteiger partial charge in [-0.25, -0.2) is 4.99 Å². The lowest BCUT2D eigenvalue weighted by Crippen LogP contribution is -2.45. The molecule has 3 rings (SSSR count). The highest BCUT2D eigenvalue weighted by Crippen LogP contribution is 2.19. The van der Waals surface area contributed by atoms with E-state index in [1.54, 1.807) is 0 Å². The van der Waals surface area contributed by atoms with Crippen molar-refractivity contribution in [1.82, 2.24) is 15.5 Å². The molecule has 0 aromatic heterocycles. The van der Waals surface area contributed by atoms with Crippen molar-refractivity contribution >= 4 is 5.96 Å². The van der Waals surface area contributed by atoms with E-state index >= 15 is 0 Å². The Morgan fingerprint density at radius 3 is 2.44 bits per heavy atom. The van der Waals surface area contributed by atoms with Gasteiger partial charge < -0.3 is 15.4 Å². The second kappa shape index (κ2) is 10.1. The fourth-order valence-corrected chi connectivity index (χ4v) is 4.27. The van der Waals surface area contributed by atoms with Gasteiger partial charge in [0.2, 0.25) is 0 Å². The van der Waals surface area contributed by atoms with Crippen LogP contribution in [0.1, 0.15) is 57.6 Å². The Bertz CT molecular complexity index is 602. The van der Waals surface area contributed by atoms with Gasteiger partial charge in [0.1, 0.15) is 0 Å². The summed E-state index contributed by atoms with van der Waals surface area (Å²) in [6, 6.07) is 9.29. The molecule has 0 bridgehead atoms. The second-order valence-corrected chi connectivity index (χ2v) is 8.04. The molecule has 1 saturated heterocycles. The lowest BCUT2D eigenvalue weighted by atomic mass is 10.1. The first-order valence-corrected chi connectivity index (χ1v) is 10.6. The van der Waals surface area contributed by atoms with Crippen LogP contribution in [0.15, 0.2) is 29.3 Å². The SMILES string of the molecule is CCNC(=NCc1ccccc1CN1CC(C)OC(C)C1)NC1CCCC1. The summed E-state index contributed by atoms with van der Waals surface area (Å²) in [5.41, 5.74) is 2.69. The van der Waals surface area contributed by atoms with Gasteiger partial charge in [-0.15, -0.1) is 0 Å². The van der Waals surface area contributed by atoms with Crippen LogP contribution in [0.25, 0.3) is 0 Å². The van der Waals surface area contributed by atoms with Crippen LogP contribution in [-0.4, -0.2) is 48.7 Å². The highest BCUT2D eigenvalue weighted by Gasteiger charge is 2.22. The summed E-state index contributed by atoms with van der Waals surface area (Å²) in [6.07, 6.45) is 5.78. The molecular weight excluding hydrogens is 336 g/mol. The molecule has 2 aliphatic rings. The molecule has 5 heteroatoms. The summed E-state index contributed by atoms with van der Waals surface area (Å²) < 4.78 is 5.87. The number of aliphatic imine (C=N–C) groups is 1. The molecule has 2 atom stereocenters. The number of hydrogen-bond acceptors (Lipinski definition) is 3. The number of hydrogen-bond donors (Lipinski definition) is 2. The minimum atomic E-state index is 0.301. The summed E-state index contributed by atoms with van der Waals surface area (Å²) >= 11 is 0. The minimum Gasteiger partial charge on any atom is -0.373 e. The van der Waals surface area contributed by atoms with Gasteiger partial charge >= 0.3 is 0 Å². The predicted octanol–water partition coefficient (Wildman–Crippen LogP) is 3.29. The zero-order valence-corrected chi connectivity index (χ0v) is 17.2. The fourth-order valence-electron chi connectivity index (χ4n) is 4.27. The van der Waals surface area contributed by atoms with Crippen molar-refractivity contribution in [2.45, 2.75) is 77.8 Å². The summed E-state index contributed by atoms with van der Waals surface area (Å²) in [4.78, 5) is 7.39. The van der Waals surface area contributed by atoms with Crippen LogP contribution in [0.4, 0.5) is 0 Å². The van der Waals surface area contributed by atoms with Crippen LogP contribution in [0, 0.1) is 0 Å². The predicted molar refractivity (Wildman–Crippen MR) is 112 cm³/mol. The first kappa shape index (κ1) is 20.2. The molecule has 2 unspecified atom stereocenters. The maximum atomic E-state index is 5.87. The topological polar surface area (TPSA) is 48.9 Å². The van der Waals surface area contributed by atoms with E-state index in [9.17, 15) is 0 Å². The van der Waals surface area contributed by atoms with Gasteiger partial charge in [0.15, 0.2) is 5.96 Å². The van der Waals surface area contributed by atoms with Crippen LogP contribution < -0.4 is 10.6 Å². The molecular formula is C22H36N4O. The molecule has 1 saturated carbocycles. The van der Waals surface area contributed by atoms with Crippen molar-refractivity contribution in [3.8, 4) is 0 Å². The van der Waals surface area contributed by atoms with E-state index in [-0.39, 0.29) is 0 Å². The average molecular weight is 373 g/mol. The van der Waals surface area contributed by atoms with Gasteiger partial charge in [-0.05, 0) is 44.7 Å². The Kier molecular flexibility index (Phi) is 7.53. The van der Waals surface area contributed by atoms with E-state index in [0.717, 1.165) is 32.1 Å². The second-order valence-electron chi connectivity index (χ2n) is 8.04. The molecule has 0 radical (unpaired) electrons. The standard InChI is InChI=1S/C22H36N4O/c1-4-23-22(25-21-11-7-8-12-21)24-13-19-9-5-6-10-20(19)16-26-14-17(2)27-18(3)15-26/h5-6,9-10,17-18,21H,4,7-8,11-16H2,1-3H3,(H2,23,24,25). The third-order valence-electron chi connectivity index (χ3n) is 5.46. The van der Waals surface area contributed by atoms with Crippen LogP contribution in [0.5, 0.6) is 0 Å². The summed E-state index contributed by atoms with van der Waals surface area (Å²) in [6.45, 7) is 11.0. The molecule has 2 fully saturated rings. The highest BCUT2D eigenvalue weighted by molar-refractivity contribution is 5.80. The van der Waals surface area contributed by atoms with Crippen molar-refractivity contribution in [1.29, 1.82) is 0 Å². The van der Waals surface area contributed by atoms with Crippen molar-refractivity contribution in [3.05, 3.63) is 35.4 Å². The maximum Gasteiger partial charge on any atom is 0.191 e. The molecule has 0 amide bonds. The third kappa shape index (κ3) is 6.22. The van der Waals surface area contributed by atoms with Crippen molar-refractivity contribution in [3.63, 3.8) is 0 Å². The van der Waals surface area contributed by atoms with Gasteiger partial charge in [0.25, 0.3) is 0 Å². The van der Waals surface area contributed by atoms with E-state index in [0.29, 0.717) is 24.8 Å². The Hall–Kier alpha value is -1.59. The van der Waals surface area contributed by atoms with Crippen LogP contribution >= 0.6 is 0 Å². The fraction of sp³-hybridized carbons (Fsp3) is 0.682. The van der Waals surface area contributed by atoms with E-state index in [1.807, 2.05) is 0 Å². The number of nitrogens with zero attached hydrogens (tertiary/aromatic N) is 2. The minimum absolute atomic E-state index is 0.301. The molecule has 5 nitrogen and oxygen atoms in total. The first-order valence-electron chi connectivity index (χ1n) is 10.6. The number of ether oxygens (including phenoxy) is 1. The Morgan fingerprint density at radius 1 is 1.11 bits per heavy atom. The maximum absolute atomic E-state index is 5.87. The number of nitrogens with one attached hydrogen (secondary N) is 2. The first-order chi connectivity index (χ1) is 13.1. The highest BCUT2D eigenvalue weighted by atomic mass is 16.5. The molecule has 1 aromatic carbocycles. The third-order valence-corrected chi connectivity index (χ3v) is 5.46. The van der Waals surface area contributed by atoms with Crippen LogP contribution in [0.2, 0.25) is 0 Å². The Balaban J connectivity index is 1.65. The van der Waals surface area contributed by atoms with Gasteiger partial charge in [-0.1, -0.05) is 37.1 Å². The Labute approximate surface area is 164 Å². The van der Waals surface area contributed by atoms with Crippen LogP contribution in [-0.2, 0) is 17.8 Å². The van der Waals surface area contributed by atoms with Crippen molar-refractivity contribution in [2.24, 2.45) is 4.99 Å². The monoisotopic (exact) mass is 372 g/mol.